The standard InChI is InChI=1S/C24H17Br2ClN4O3/c1-13-18(27)3-2-4-19(13)29-23(33)24(34)30-31-20-10-7-16(26)11-14(20)12-21(31)22(32)28-17-8-5-15(25)6-9-17/h2-12H,1H3,(H,28,32)(H,29,33)(H,30,34). The third kappa shape index (κ3) is 5.16. The number of amides is 3. The fourth-order valence-electron chi connectivity index (χ4n) is 3.28. The van der Waals surface area contributed by atoms with E-state index in [1.54, 1.807) is 67.6 Å². The van der Waals surface area contributed by atoms with Crippen molar-refractivity contribution in [2.75, 3.05) is 16.1 Å². The van der Waals surface area contributed by atoms with Crippen LogP contribution in [-0.2, 0) is 9.59 Å². The largest absolute Gasteiger partial charge is 0.328 e. The highest BCUT2D eigenvalue weighted by Crippen LogP contribution is 2.25. The van der Waals surface area contributed by atoms with E-state index in [4.69, 9.17) is 11.6 Å². The van der Waals surface area contributed by atoms with Crippen molar-refractivity contribution in [2.24, 2.45) is 0 Å². The lowest BCUT2D eigenvalue weighted by Gasteiger charge is -2.13. The molecule has 3 amide bonds. The van der Waals surface area contributed by atoms with E-state index in [0.29, 0.717) is 32.9 Å². The Kier molecular flexibility index (Phi) is 7.06. The molecular weight excluding hydrogens is 588 g/mol. The van der Waals surface area contributed by atoms with Crippen LogP contribution in [0.2, 0.25) is 5.02 Å². The predicted molar refractivity (Wildman–Crippen MR) is 141 cm³/mol. The molecular formula is C24H17Br2ClN4O3. The zero-order valence-corrected chi connectivity index (χ0v) is 21.6. The van der Waals surface area contributed by atoms with Crippen LogP contribution >= 0.6 is 43.5 Å². The van der Waals surface area contributed by atoms with Crippen molar-refractivity contribution in [2.45, 2.75) is 6.92 Å². The minimum Gasteiger partial charge on any atom is -0.321 e. The number of halogens is 3. The zero-order chi connectivity index (χ0) is 24.4. The lowest BCUT2D eigenvalue weighted by Crippen LogP contribution is -2.36. The van der Waals surface area contributed by atoms with Gasteiger partial charge in [-0.1, -0.05) is 49.5 Å². The molecule has 0 atom stereocenters. The summed E-state index contributed by atoms with van der Waals surface area (Å²) in [6, 6.07) is 19.0. The van der Waals surface area contributed by atoms with Crippen LogP contribution in [0.25, 0.3) is 10.9 Å². The summed E-state index contributed by atoms with van der Waals surface area (Å²) in [6.45, 7) is 1.73. The number of rotatable bonds is 4. The number of nitrogens with zero attached hydrogens (tertiary/aromatic N) is 1. The number of benzene rings is 3. The molecule has 0 aliphatic rings. The Morgan fingerprint density at radius 2 is 1.56 bits per heavy atom. The van der Waals surface area contributed by atoms with Crippen LogP contribution < -0.4 is 16.1 Å². The molecule has 0 spiro atoms. The van der Waals surface area contributed by atoms with Crippen molar-refractivity contribution in [3.05, 3.63) is 92.0 Å². The molecule has 10 heteroatoms. The Hall–Kier alpha value is -3.14. The molecule has 0 saturated carbocycles. The third-order valence-electron chi connectivity index (χ3n) is 5.03. The van der Waals surface area contributed by atoms with Gasteiger partial charge in [-0.3, -0.25) is 19.8 Å². The Balaban J connectivity index is 1.63. The molecule has 0 aliphatic carbocycles. The summed E-state index contributed by atoms with van der Waals surface area (Å²) >= 11 is 12.9. The monoisotopic (exact) mass is 602 g/mol. The molecule has 4 rings (SSSR count). The van der Waals surface area contributed by atoms with Crippen molar-refractivity contribution in [1.82, 2.24) is 4.68 Å². The van der Waals surface area contributed by atoms with Crippen LogP contribution in [0.15, 0.2) is 75.7 Å². The van der Waals surface area contributed by atoms with Gasteiger partial charge in [0.25, 0.3) is 5.91 Å². The molecule has 0 aliphatic heterocycles. The Bertz CT molecular complexity index is 1430. The second kappa shape index (κ2) is 10.0. The summed E-state index contributed by atoms with van der Waals surface area (Å²) in [5, 5.41) is 6.51. The van der Waals surface area contributed by atoms with Gasteiger partial charge in [-0.05, 0) is 73.2 Å². The topological polar surface area (TPSA) is 92.2 Å². The summed E-state index contributed by atoms with van der Waals surface area (Å²) in [7, 11) is 0. The first kappa shape index (κ1) is 24.0. The van der Waals surface area contributed by atoms with Crippen LogP contribution in [0, 0.1) is 6.92 Å². The van der Waals surface area contributed by atoms with E-state index in [1.165, 1.54) is 4.68 Å². The number of hydrogen-bond acceptors (Lipinski definition) is 3. The zero-order valence-electron chi connectivity index (χ0n) is 17.7. The average Bonchev–Trinajstić information content (AvgIpc) is 3.15. The average molecular weight is 605 g/mol. The summed E-state index contributed by atoms with van der Waals surface area (Å²) < 4.78 is 2.97. The van der Waals surface area contributed by atoms with E-state index in [1.807, 2.05) is 6.07 Å². The van der Waals surface area contributed by atoms with Crippen LogP contribution in [-0.4, -0.2) is 22.4 Å². The molecule has 172 valence electrons. The van der Waals surface area contributed by atoms with E-state index in [0.717, 1.165) is 8.95 Å². The molecule has 0 unspecified atom stereocenters. The summed E-state index contributed by atoms with van der Waals surface area (Å²) in [6.07, 6.45) is 0. The molecule has 0 fully saturated rings. The first-order chi connectivity index (χ1) is 16.2. The van der Waals surface area contributed by atoms with Gasteiger partial charge in [-0.2, -0.15) is 0 Å². The van der Waals surface area contributed by atoms with Gasteiger partial charge < -0.3 is 10.6 Å². The number of fused-ring (bicyclic) bond motifs is 1. The maximum Gasteiger partial charge on any atom is 0.328 e. The number of hydrogen-bond donors (Lipinski definition) is 3. The van der Waals surface area contributed by atoms with Crippen molar-refractivity contribution in [3.63, 3.8) is 0 Å². The number of anilines is 2. The van der Waals surface area contributed by atoms with Crippen LogP contribution in [0.5, 0.6) is 0 Å². The fraction of sp³-hybridized carbons (Fsp3) is 0.0417. The highest BCUT2D eigenvalue weighted by molar-refractivity contribution is 9.10. The second-order valence-electron chi connectivity index (χ2n) is 7.34. The Morgan fingerprint density at radius 1 is 0.853 bits per heavy atom. The number of aromatic nitrogens is 1. The highest BCUT2D eigenvalue weighted by Gasteiger charge is 2.22. The molecule has 0 bridgehead atoms. The molecule has 7 nitrogen and oxygen atoms in total. The van der Waals surface area contributed by atoms with E-state index >= 15 is 0 Å². The lowest BCUT2D eigenvalue weighted by atomic mass is 10.2. The molecule has 4 aromatic rings. The molecule has 3 aromatic carbocycles. The fourth-order valence-corrected chi connectivity index (χ4v) is 4.09. The van der Waals surface area contributed by atoms with Crippen molar-refractivity contribution in [1.29, 1.82) is 0 Å². The highest BCUT2D eigenvalue weighted by atomic mass is 79.9. The third-order valence-corrected chi connectivity index (χ3v) is 6.47. The SMILES string of the molecule is Cc1c(Cl)cccc1NC(=O)C(=O)Nn1c(C(=O)Nc2ccc(Br)cc2)cc2cc(Br)ccc21. The van der Waals surface area contributed by atoms with E-state index < -0.39 is 17.7 Å². The van der Waals surface area contributed by atoms with Crippen molar-refractivity contribution < 1.29 is 14.4 Å². The summed E-state index contributed by atoms with van der Waals surface area (Å²) in [5.74, 6) is -2.30. The number of carbonyl (C=O) groups is 3. The second-order valence-corrected chi connectivity index (χ2v) is 9.58. The van der Waals surface area contributed by atoms with Gasteiger partial charge in [-0.25, -0.2) is 4.68 Å². The number of carbonyl (C=O) groups excluding carboxylic acids is 3. The minimum absolute atomic E-state index is 0.149. The normalized spacial score (nSPS) is 10.7. The predicted octanol–water partition coefficient (Wildman–Crippen LogP) is 6.09. The summed E-state index contributed by atoms with van der Waals surface area (Å²) in [4.78, 5) is 38.5. The van der Waals surface area contributed by atoms with E-state index in [2.05, 4.69) is 47.9 Å². The van der Waals surface area contributed by atoms with Gasteiger partial charge in [0.2, 0.25) is 0 Å². The Morgan fingerprint density at radius 3 is 2.29 bits per heavy atom. The van der Waals surface area contributed by atoms with Gasteiger partial charge in [-0.15, -0.1) is 0 Å². The van der Waals surface area contributed by atoms with Gasteiger partial charge in [0.05, 0.1) is 5.52 Å². The summed E-state index contributed by atoms with van der Waals surface area (Å²) in [5.41, 5.74) is 4.86. The molecule has 0 saturated heterocycles. The lowest BCUT2D eigenvalue weighted by molar-refractivity contribution is -0.133. The smallest absolute Gasteiger partial charge is 0.321 e. The van der Waals surface area contributed by atoms with E-state index in [9.17, 15) is 14.4 Å². The van der Waals surface area contributed by atoms with Gasteiger partial charge in [0, 0.05) is 30.7 Å². The molecule has 3 N–H and O–H groups in total. The van der Waals surface area contributed by atoms with Crippen molar-refractivity contribution in [3.8, 4) is 0 Å². The first-order valence-corrected chi connectivity index (χ1v) is 11.9. The van der Waals surface area contributed by atoms with Crippen molar-refractivity contribution >= 4 is 83.5 Å². The van der Waals surface area contributed by atoms with Gasteiger partial charge in [0.1, 0.15) is 5.69 Å². The maximum atomic E-state index is 13.1. The van der Waals surface area contributed by atoms with Gasteiger partial charge >= 0.3 is 11.8 Å². The van der Waals surface area contributed by atoms with Gasteiger partial charge in [0.15, 0.2) is 0 Å². The molecule has 0 radical (unpaired) electrons. The Labute approximate surface area is 216 Å². The minimum atomic E-state index is -0.947. The molecule has 1 heterocycles. The molecule has 1 aromatic heterocycles. The van der Waals surface area contributed by atoms with Crippen LogP contribution in [0.1, 0.15) is 16.1 Å². The number of nitrogens with one attached hydrogen (secondary N) is 3. The first-order valence-electron chi connectivity index (χ1n) is 9.98. The van der Waals surface area contributed by atoms with Crippen LogP contribution in [0.3, 0.4) is 0 Å². The quantitative estimate of drug-likeness (QED) is 0.246. The maximum absolute atomic E-state index is 13.1. The van der Waals surface area contributed by atoms with Crippen LogP contribution in [0.4, 0.5) is 11.4 Å². The molecule has 34 heavy (non-hydrogen) atoms. The van der Waals surface area contributed by atoms with E-state index in [-0.39, 0.29) is 5.69 Å².